The molecule has 30 heavy (non-hydrogen) atoms. The van der Waals surface area contributed by atoms with E-state index in [1.807, 2.05) is 0 Å². The van der Waals surface area contributed by atoms with E-state index in [-0.39, 0.29) is 0 Å². The van der Waals surface area contributed by atoms with Crippen LogP contribution in [0.5, 0.6) is 0 Å². The molecule has 0 aliphatic heterocycles. The van der Waals surface area contributed by atoms with Crippen LogP contribution in [0.3, 0.4) is 0 Å². The lowest BCUT2D eigenvalue weighted by Gasteiger charge is -2.21. The maximum atomic E-state index is 5.81. The maximum Gasteiger partial charge on any atom is 0.0593 e. The van der Waals surface area contributed by atoms with E-state index in [9.17, 15) is 0 Å². The van der Waals surface area contributed by atoms with Gasteiger partial charge in [-0.25, -0.2) is 0 Å². The van der Waals surface area contributed by atoms with Crippen molar-refractivity contribution < 1.29 is 4.74 Å². The maximum absolute atomic E-state index is 5.81. The van der Waals surface area contributed by atoms with Crippen LogP contribution in [0.15, 0.2) is 12.2 Å². The van der Waals surface area contributed by atoms with Crippen LogP contribution in [0.2, 0.25) is 0 Å². The fourth-order valence-corrected chi connectivity index (χ4v) is 3.72. The first-order chi connectivity index (χ1) is 14.7. The minimum Gasteiger partial charge on any atom is -0.380 e. The third kappa shape index (κ3) is 23.9. The summed E-state index contributed by atoms with van der Waals surface area (Å²) in [6, 6.07) is 0. The highest BCUT2D eigenvalue weighted by Crippen LogP contribution is 2.10. The summed E-state index contributed by atoms with van der Waals surface area (Å²) in [7, 11) is 4.41. The van der Waals surface area contributed by atoms with Crippen molar-refractivity contribution in [2.45, 2.75) is 110 Å². The zero-order valence-corrected chi connectivity index (χ0v) is 21.3. The molecule has 0 aromatic rings. The molecule has 0 atom stereocenters. The van der Waals surface area contributed by atoms with Crippen molar-refractivity contribution in [3.8, 4) is 0 Å². The lowest BCUT2D eigenvalue weighted by atomic mass is 10.1. The highest BCUT2D eigenvalue weighted by Gasteiger charge is 2.01. The number of likely N-dealkylation sites (N-methyl/N-ethyl adjacent to an activating group) is 2. The van der Waals surface area contributed by atoms with Crippen LogP contribution in [0, 0.1) is 0 Å². The normalized spacial score (nSPS) is 12.1. The Morgan fingerprint density at radius 1 is 0.500 bits per heavy atom. The molecule has 0 rings (SSSR count). The molecule has 0 fully saturated rings. The molecule has 0 heterocycles. The first kappa shape index (κ1) is 29.6. The number of hydrogen-bond acceptors (Lipinski definition) is 3. The van der Waals surface area contributed by atoms with Gasteiger partial charge in [-0.1, -0.05) is 83.8 Å². The van der Waals surface area contributed by atoms with E-state index in [1.54, 1.807) is 0 Å². The Morgan fingerprint density at radius 2 is 1.00 bits per heavy atom. The van der Waals surface area contributed by atoms with Crippen molar-refractivity contribution in [2.75, 3.05) is 53.5 Å². The lowest BCUT2D eigenvalue weighted by molar-refractivity contribution is 0.105. The largest absolute Gasteiger partial charge is 0.380 e. The summed E-state index contributed by atoms with van der Waals surface area (Å²) in [6.07, 6.45) is 25.1. The van der Waals surface area contributed by atoms with Crippen LogP contribution < -0.4 is 0 Å². The second-order valence-electron chi connectivity index (χ2n) is 9.16. The van der Waals surface area contributed by atoms with Crippen molar-refractivity contribution in [2.24, 2.45) is 0 Å². The van der Waals surface area contributed by atoms with Crippen LogP contribution in [-0.2, 0) is 4.74 Å². The SMILES string of the molecule is CCCCCCCC/C=C\CCCCCCCCOCCN(C)CCN(C)CCC. The van der Waals surface area contributed by atoms with Crippen LogP contribution >= 0.6 is 0 Å². The van der Waals surface area contributed by atoms with E-state index < -0.39 is 0 Å². The second-order valence-corrected chi connectivity index (χ2v) is 9.16. The fourth-order valence-electron chi connectivity index (χ4n) is 3.72. The Bertz CT molecular complexity index is 346. The van der Waals surface area contributed by atoms with E-state index in [2.05, 4.69) is 49.9 Å². The quantitative estimate of drug-likeness (QED) is 0.119. The Kier molecular flexibility index (Phi) is 24.6. The molecule has 0 saturated carbocycles. The van der Waals surface area contributed by atoms with Gasteiger partial charge in [0.05, 0.1) is 6.61 Å². The van der Waals surface area contributed by atoms with Gasteiger partial charge in [0, 0.05) is 26.2 Å². The number of allylic oxidation sites excluding steroid dienone is 2. The summed E-state index contributed by atoms with van der Waals surface area (Å²) in [4.78, 5) is 4.79. The molecule has 0 amide bonds. The Labute approximate surface area is 190 Å². The second kappa shape index (κ2) is 24.9. The summed E-state index contributed by atoms with van der Waals surface area (Å²) >= 11 is 0. The Balaban J connectivity index is 3.20. The summed E-state index contributed by atoms with van der Waals surface area (Å²) in [5, 5.41) is 0. The molecule has 0 spiro atoms. The number of rotatable bonds is 24. The van der Waals surface area contributed by atoms with Crippen molar-refractivity contribution in [1.29, 1.82) is 0 Å². The molecule has 0 aliphatic rings. The van der Waals surface area contributed by atoms with Crippen molar-refractivity contribution >= 4 is 0 Å². The molecule has 0 aliphatic carbocycles. The van der Waals surface area contributed by atoms with Gasteiger partial charge in [0.2, 0.25) is 0 Å². The minimum absolute atomic E-state index is 0.874. The first-order valence-electron chi connectivity index (χ1n) is 13.3. The van der Waals surface area contributed by atoms with Crippen LogP contribution in [0.4, 0.5) is 0 Å². The highest BCUT2D eigenvalue weighted by atomic mass is 16.5. The van der Waals surface area contributed by atoms with E-state index in [1.165, 1.54) is 103 Å². The molecule has 0 bridgehead atoms. The minimum atomic E-state index is 0.874. The molecule has 0 N–H and O–H groups in total. The summed E-state index contributed by atoms with van der Waals surface area (Å²) in [5.41, 5.74) is 0. The number of hydrogen-bond donors (Lipinski definition) is 0. The van der Waals surface area contributed by atoms with Crippen molar-refractivity contribution in [1.82, 2.24) is 9.80 Å². The van der Waals surface area contributed by atoms with Gasteiger partial charge in [-0.15, -0.1) is 0 Å². The number of unbranched alkanes of at least 4 members (excludes halogenated alkanes) is 12. The van der Waals surface area contributed by atoms with Crippen molar-refractivity contribution in [3.63, 3.8) is 0 Å². The van der Waals surface area contributed by atoms with Gasteiger partial charge in [-0.3, -0.25) is 0 Å². The highest BCUT2D eigenvalue weighted by molar-refractivity contribution is 4.81. The average Bonchev–Trinajstić information content (AvgIpc) is 2.74. The topological polar surface area (TPSA) is 15.7 Å². The van der Waals surface area contributed by atoms with Crippen LogP contribution in [0.1, 0.15) is 110 Å². The van der Waals surface area contributed by atoms with Crippen LogP contribution in [0.25, 0.3) is 0 Å². The lowest BCUT2D eigenvalue weighted by Crippen LogP contribution is -2.33. The standard InChI is InChI=1S/C27H56N2O/c1-5-7-8-9-10-11-12-13-14-15-16-17-18-19-20-21-26-30-27-25-29(4)24-23-28(3)22-6-2/h13-14H,5-12,15-27H2,1-4H3/b14-13-. The zero-order chi connectivity index (χ0) is 22.1. The van der Waals surface area contributed by atoms with Gasteiger partial charge >= 0.3 is 0 Å². The van der Waals surface area contributed by atoms with E-state index in [0.29, 0.717) is 0 Å². The predicted octanol–water partition coefficient (Wildman–Crippen LogP) is 7.31. The molecule has 0 aromatic heterocycles. The van der Waals surface area contributed by atoms with Crippen LogP contribution in [-0.4, -0.2) is 63.3 Å². The molecule has 0 unspecified atom stereocenters. The zero-order valence-electron chi connectivity index (χ0n) is 21.3. The van der Waals surface area contributed by atoms with Gasteiger partial charge in [-0.05, 0) is 59.2 Å². The molecule has 3 heteroatoms. The summed E-state index contributed by atoms with van der Waals surface area (Å²) in [6.45, 7) is 10.9. The van der Waals surface area contributed by atoms with E-state index in [0.717, 1.165) is 32.8 Å². The molecule has 3 nitrogen and oxygen atoms in total. The monoisotopic (exact) mass is 424 g/mol. The van der Waals surface area contributed by atoms with Gasteiger partial charge in [-0.2, -0.15) is 0 Å². The van der Waals surface area contributed by atoms with Crippen molar-refractivity contribution in [3.05, 3.63) is 12.2 Å². The number of nitrogens with zero attached hydrogens (tertiary/aromatic N) is 2. The van der Waals surface area contributed by atoms with Gasteiger partial charge in [0.15, 0.2) is 0 Å². The molecular weight excluding hydrogens is 368 g/mol. The summed E-state index contributed by atoms with van der Waals surface area (Å²) in [5.74, 6) is 0. The Hall–Kier alpha value is -0.380. The fraction of sp³-hybridized carbons (Fsp3) is 0.926. The molecule has 0 radical (unpaired) electrons. The van der Waals surface area contributed by atoms with Gasteiger partial charge in [0.1, 0.15) is 0 Å². The van der Waals surface area contributed by atoms with Gasteiger partial charge < -0.3 is 14.5 Å². The third-order valence-corrected chi connectivity index (χ3v) is 5.89. The molecule has 0 aromatic carbocycles. The van der Waals surface area contributed by atoms with E-state index in [4.69, 9.17) is 4.74 Å². The third-order valence-electron chi connectivity index (χ3n) is 5.89. The molecular formula is C27H56N2O. The van der Waals surface area contributed by atoms with E-state index >= 15 is 0 Å². The Morgan fingerprint density at radius 3 is 1.57 bits per heavy atom. The van der Waals surface area contributed by atoms with Gasteiger partial charge in [0.25, 0.3) is 0 Å². The molecule has 180 valence electrons. The molecule has 0 saturated heterocycles. The summed E-state index contributed by atoms with van der Waals surface area (Å²) < 4.78 is 5.81. The smallest absolute Gasteiger partial charge is 0.0593 e. The number of ether oxygens (including phenoxy) is 1. The average molecular weight is 425 g/mol. The predicted molar refractivity (Wildman–Crippen MR) is 136 cm³/mol. The first-order valence-corrected chi connectivity index (χ1v) is 13.3.